The Balaban J connectivity index is 1.49. The Morgan fingerprint density at radius 2 is 2.00 bits per heavy atom. The van der Waals surface area contributed by atoms with E-state index in [2.05, 4.69) is 20.5 Å². The van der Waals surface area contributed by atoms with Crippen LogP contribution in [0.5, 0.6) is 0 Å². The van der Waals surface area contributed by atoms with Crippen molar-refractivity contribution in [3.63, 3.8) is 0 Å². The fourth-order valence-corrected chi connectivity index (χ4v) is 3.75. The van der Waals surface area contributed by atoms with Crippen LogP contribution in [-0.4, -0.2) is 21.1 Å². The molecule has 22 heavy (non-hydrogen) atoms. The summed E-state index contributed by atoms with van der Waals surface area (Å²) >= 11 is 2.91. The molecule has 0 bridgehead atoms. The third-order valence-electron chi connectivity index (χ3n) is 3.35. The Labute approximate surface area is 135 Å². The van der Waals surface area contributed by atoms with Gasteiger partial charge in [-0.05, 0) is 12.8 Å². The largest absolute Gasteiger partial charge is 0.295 e. The van der Waals surface area contributed by atoms with Gasteiger partial charge in [-0.1, -0.05) is 41.7 Å². The van der Waals surface area contributed by atoms with Gasteiger partial charge < -0.3 is 0 Å². The Hall–Kier alpha value is -2.12. The number of benzene rings is 1. The third-order valence-corrected chi connectivity index (χ3v) is 5.24. The molecule has 2 heterocycles. The average molecular weight is 328 g/mol. The smallest absolute Gasteiger partial charge is 0.276 e. The summed E-state index contributed by atoms with van der Waals surface area (Å²) in [6.45, 7) is 0. The minimum atomic E-state index is -0.239. The summed E-state index contributed by atoms with van der Waals surface area (Å²) in [5, 5.41) is 15.1. The van der Waals surface area contributed by atoms with Gasteiger partial charge in [0.2, 0.25) is 5.13 Å². The number of carbonyl (C=O) groups excluding carboxylic acids is 1. The van der Waals surface area contributed by atoms with Crippen LogP contribution in [0.15, 0.2) is 35.7 Å². The molecule has 4 rings (SSSR count). The quantitative estimate of drug-likeness (QED) is 0.791. The number of hydrogen-bond donors (Lipinski definition) is 1. The van der Waals surface area contributed by atoms with Crippen molar-refractivity contribution in [3.8, 4) is 10.6 Å². The summed E-state index contributed by atoms with van der Waals surface area (Å²) in [6, 6.07) is 9.83. The van der Waals surface area contributed by atoms with Crippen molar-refractivity contribution >= 4 is 33.7 Å². The topological polar surface area (TPSA) is 67.8 Å². The maximum atomic E-state index is 12.2. The van der Waals surface area contributed by atoms with Gasteiger partial charge in [0.05, 0.1) is 0 Å². The van der Waals surface area contributed by atoms with Crippen molar-refractivity contribution in [2.75, 3.05) is 5.32 Å². The van der Waals surface area contributed by atoms with Gasteiger partial charge in [0, 0.05) is 16.9 Å². The maximum absolute atomic E-state index is 12.2. The van der Waals surface area contributed by atoms with E-state index in [1.54, 1.807) is 5.38 Å². The summed E-state index contributed by atoms with van der Waals surface area (Å²) in [6.07, 6.45) is 2.35. The highest BCUT2D eigenvalue weighted by molar-refractivity contribution is 7.15. The molecule has 0 spiro atoms. The first-order valence-electron chi connectivity index (χ1n) is 6.95. The van der Waals surface area contributed by atoms with E-state index in [1.165, 1.54) is 35.5 Å². The van der Waals surface area contributed by atoms with Crippen LogP contribution in [0.25, 0.3) is 10.6 Å². The summed E-state index contributed by atoms with van der Waals surface area (Å²) in [5.74, 6) is 0.309. The molecule has 0 saturated heterocycles. The second kappa shape index (κ2) is 5.58. The number of hydrogen-bond acceptors (Lipinski definition) is 6. The number of aromatic nitrogens is 3. The zero-order valence-electron chi connectivity index (χ0n) is 11.5. The van der Waals surface area contributed by atoms with Crippen molar-refractivity contribution in [2.24, 2.45) is 0 Å². The minimum Gasteiger partial charge on any atom is -0.295 e. The number of nitrogens with zero attached hydrogens (tertiary/aromatic N) is 3. The highest BCUT2D eigenvalue weighted by Crippen LogP contribution is 2.42. The second-order valence-corrected chi connectivity index (χ2v) is 6.94. The lowest BCUT2D eigenvalue weighted by molar-refractivity contribution is 0.102. The molecule has 1 N–H and O–H groups in total. The summed E-state index contributed by atoms with van der Waals surface area (Å²) < 4.78 is 0. The predicted octanol–water partition coefficient (Wildman–Crippen LogP) is 3.79. The number of rotatable bonds is 4. The fourth-order valence-electron chi connectivity index (χ4n) is 2.03. The number of thiazole rings is 1. The number of carbonyl (C=O) groups is 1. The first-order chi connectivity index (χ1) is 10.8. The van der Waals surface area contributed by atoms with Crippen LogP contribution in [0.1, 0.15) is 34.3 Å². The highest BCUT2D eigenvalue weighted by atomic mass is 32.1. The van der Waals surface area contributed by atoms with Crippen molar-refractivity contribution in [1.82, 2.24) is 15.2 Å². The van der Waals surface area contributed by atoms with Gasteiger partial charge in [0.25, 0.3) is 5.91 Å². The van der Waals surface area contributed by atoms with Crippen LogP contribution < -0.4 is 5.32 Å². The first kappa shape index (κ1) is 13.5. The molecule has 3 aromatic rings. The Morgan fingerprint density at radius 3 is 2.77 bits per heavy atom. The van der Waals surface area contributed by atoms with Crippen LogP contribution in [0.2, 0.25) is 0 Å². The Kier molecular flexibility index (Phi) is 3.44. The van der Waals surface area contributed by atoms with Crippen LogP contribution in [0.4, 0.5) is 5.13 Å². The third kappa shape index (κ3) is 2.77. The van der Waals surface area contributed by atoms with Crippen LogP contribution in [-0.2, 0) is 0 Å². The number of anilines is 1. The molecule has 0 unspecified atom stereocenters. The standard InChI is InChI=1S/C15H12N4OS2/c20-12(17-15-19-18-14(22-15)10-6-7-10)11-8-21-13(16-11)9-4-2-1-3-5-9/h1-5,8,10H,6-7H2,(H,17,19,20). The highest BCUT2D eigenvalue weighted by Gasteiger charge is 2.27. The van der Waals surface area contributed by atoms with Gasteiger partial charge >= 0.3 is 0 Å². The van der Waals surface area contributed by atoms with Crippen LogP contribution >= 0.6 is 22.7 Å². The molecule has 0 radical (unpaired) electrons. The fraction of sp³-hybridized carbons (Fsp3) is 0.200. The molecule has 1 fully saturated rings. The molecule has 1 aliphatic rings. The number of amides is 1. The van der Waals surface area contributed by atoms with Crippen molar-refractivity contribution in [3.05, 3.63) is 46.4 Å². The molecule has 5 nitrogen and oxygen atoms in total. The van der Waals surface area contributed by atoms with E-state index >= 15 is 0 Å². The SMILES string of the molecule is O=C(Nc1nnc(C2CC2)s1)c1csc(-c2ccccc2)n1. The zero-order chi connectivity index (χ0) is 14.9. The summed E-state index contributed by atoms with van der Waals surface area (Å²) in [7, 11) is 0. The van der Waals surface area contributed by atoms with E-state index < -0.39 is 0 Å². The lowest BCUT2D eigenvalue weighted by Gasteiger charge is -1.97. The Morgan fingerprint density at radius 1 is 1.18 bits per heavy atom. The lowest BCUT2D eigenvalue weighted by atomic mass is 10.2. The van der Waals surface area contributed by atoms with E-state index in [0.29, 0.717) is 16.7 Å². The van der Waals surface area contributed by atoms with E-state index in [9.17, 15) is 4.79 Å². The molecule has 2 aromatic heterocycles. The number of nitrogens with one attached hydrogen (secondary N) is 1. The van der Waals surface area contributed by atoms with Gasteiger partial charge in [-0.15, -0.1) is 21.5 Å². The van der Waals surface area contributed by atoms with Crippen molar-refractivity contribution in [2.45, 2.75) is 18.8 Å². The van der Waals surface area contributed by atoms with Gasteiger partial charge in [-0.25, -0.2) is 4.98 Å². The predicted molar refractivity (Wildman–Crippen MR) is 87.4 cm³/mol. The summed E-state index contributed by atoms with van der Waals surface area (Å²) in [5.41, 5.74) is 1.42. The molecular weight excluding hydrogens is 316 g/mol. The normalized spacial score (nSPS) is 14.0. The molecule has 110 valence electrons. The van der Waals surface area contributed by atoms with E-state index in [0.717, 1.165) is 15.6 Å². The van der Waals surface area contributed by atoms with E-state index in [4.69, 9.17) is 0 Å². The molecule has 0 atom stereocenters. The van der Waals surface area contributed by atoms with Crippen LogP contribution in [0, 0.1) is 0 Å². The molecule has 0 aliphatic heterocycles. The zero-order valence-corrected chi connectivity index (χ0v) is 13.2. The second-order valence-electron chi connectivity index (χ2n) is 5.08. The first-order valence-corrected chi connectivity index (χ1v) is 8.65. The lowest BCUT2D eigenvalue weighted by Crippen LogP contribution is -2.12. The minimum absolute atomic E-state index is 0.239. The molecule has 1 aromatic carbocycles. The van der Waals surface area contributed by atoms with Crippen molar-refractivity contribution < 1.29 is 4.79 Å². The molecule has 1 aliphatic carbocycles. The monoisotopic (exact) mass is 328 g/mol. The average Bonchev–Trinajstić information content (AvgIpc) is 3.10. The molecular formula is C15H12N4OS2. The molecule has 1 amide bonds. The van der Waals surface area contributed by atoms with Crippen molar-refractivity contribution in [1.29, 1.82) is 0 Å². The van der Waals surface area contributed by atoms with E-state index in [-0.39, 0.29) is 5.91 Å². The van der Waals surface area contributed by atoms with Gasteiger partial charge in [0.15, 0.2) is 0 Å². The van der Waals surface area contributed by atoms with Crippen LogP contribution in [0.3, 0.4) is 0 Å². The van der Waals surface area contributed by atoms with E-state index in [1.807, 2.05) is 30.3 Å². The maximum Gasteiger partial charge on any atom is 0.276 e. The Bertz CT molecular complexity index is 808. The molecule has 7 heteroatoms. The van der Waals surface area contributed by atoms with Gasteiger partial charge in [-0.3, -0.25) is 10.1 Å². The van der Waals surface area contributed by atoms with Gasteiger partial charge in [0.1, 0.15) is 15.7 Å². The van der Waals surface area contributed by atoms with Gasteiger partial charge in [-0.2, -0.15) is 0 Å². The molecule has 1 saturated carbocycles. The summed E-state index contributed by atoms with van der Waals surface area (Å²) in [4.78, 5) is 16.6.